The van der Waals surface area contributed by atoms with Crippen molar-refractivity contribution >= 4 is 29.9 Å². The predicted molar refractivity (Wildman–Crippen MR) is 102 cm³/mol. The van der Waals surface area contributed by atoms with Gasteiger partial charge < -0.3 is 15.5 Å². The highest BCUT2D eigenvalue weighted by molar-refractivity contribution is 14.0. The number of rotatable bonds is 6. The lowest BCUT2D eigenvalue weighted by Gasteiger charge is -2.23. The third-order valence-corrected chi connectivity index (χ3v) is 4.36. The fourth-order valence-corrected chi connectivity index (χ4v) is 3.10. The predicted octanol–water partition coefficient (Wildman–Crippen LogP) is 2.75. The molecule has 0 unspecified atom stereocenters. The van der Waals surface area contributed by atoms with E-state index in [0.29, 0.717) is 6.04 Å². The standard InChI is InChI=1S/C16H30N4.HI/c1-3-17-16(19-14-8-4-5-9-14)18-12-13-20(2)15-10-6-7-11-15;/h4-5,14-15H,3,6-13H2,1-2H3,(H2,17,18,19);1H. The summed E-state index contributed by atoms with van der Waals surface area (Å²) in [7, 11) is 2.24. The summed E-state index contributed by atoms with van der Waals surface area (Å²) in [4.78, 5) is 7.20. The topological polar surface area (TPSA) is 39.7 Å². The molecule has 0 radical (unpaired) electrons. The molecule has 0 aromatic heterocycles. The molecule has 0 atom stereocenters. The molecule has 122 valence electrons. The molecule has 1 saturated carbocycles. The molecule has 0 heterocycles. The molecule has 2 aliphatic rings. The molecule has 2 aliphatic carbocycles. The van der Waals surface area contributed by atoms with Crippen molar-refractivity contribution in [3.8, 4) is 0 Å². The van der Waals surface area contributed by atoms with E-state index >= 15 is 0 Å². The molecular weight excluding hydrogens is 375 g/mol. The molecule has 0 spiro atoms. The third-order valence-electron chi connectivity index (χ3n) is 4.36. The van der Waals surface area contributed by atoms with Gasteiger partial charge in [0.15, 0.2) is 5.96 Å². The number of nitrogens with zero attached hydrogens (tertiary/aromatic N) is 2. The van der Waals surface area contributed by atoms with E-state index in [9.17, 15) is 0 Å². The summed E-state index contributed by atoms with van der Waals surface area (Å²) in [6, 6.07) is 1.32. The Bertz CT molecular complexity index is 329. The number of halogens is 1. The molecule has 2 N–H and O–H groups in total. The zero-order valence-corrected chi connectivity index (χ0v) is 15.8. The quantitative estimate of drug-likeness (QED) is 0.309. The Kier molecular flexibility index (Phi) is 9.31. The van der Waals surface area contributed by atoms with Crippen LogP contribution in [-0.4, -0.2) is 49.6 Å². The second-order valence-corrected chi connectivity index (χ2v) is 5.96. The van der Waals surface area contributed by atoms with Gasteiger partial charge in [-0.15, -0.1) is 24.0 Å². The van der Waals surface area contributed by atoms with Crippen molar-refractivity contribution in [2.75, 3.05) is 26.7 Å². The molecule has 21 heavy (non-hydrogen) atoms. The van der Waals surface area contributed by atoms with Crippen LogP contribution in [0.15, 0.2) is 17.1 Å². The van der Waals surface area contributed by atoms with Crippen LogP contribution < -0.4 is 10.6 Å². The van der Waals surface area contributed by atoms with Crippen LogP contribution >= 0.6 is 24.0 Å². The molecule has 0 aliphatic heterocycles. The summed E-state index contributed by atoms with van der Waals surface area (Å²) in [6.07, 6.45) is 12.3. The molecule has 2 rings (SSSR count). The third kappa shape index (κ3) is 6.55. The summed E-state index contributed by atoms with van der Waals surface area (Å²) >= 11 is 0. The Morgan fingerprint density at radius 2 is 1.90 bits per heavy atom. The first-order chi connectivity index (χ1) is 9.79. The van der Waals surface area contributed by atoms with Crippen LogP contribution in [0.5, 0.6) is 0 Å². The van der Waals surface area contributed by atoms with Crippen LogP contribution in [0.2, 0.25) is 0 Å². The summed E-state index contributed by atoms with van der Waals surface area (Å²) in [5.74, 6) is 0.973. The van der Waals surface area contributed by atoms with Crippen molar-refractivity contribution < 1.29 is 0 Å². The maximum atomic E-state index is 4.71. The average Bonchev–Trinajstić information content (AvgIpc) is 3.12. The van der Waals surface area contributed by atoms with Crippen molar-refractivity contribution in [2.24, 2.45) is 4.99 Å². The maximum absolute atomic E-state index is 4.71. The molecule has 5 heteroatoms. The van der Waals surface area contributed by atoms with Crippen LogP contribution in [-0.2, 0) is 0 Å². The second kappa shape index (κ2) is 10.4. The zero-order chi connectivity index (χ0) is 14.2. The first-order valence-electron chi connectivity index (χ1n) is 8.19. The SMILES string of the molecule is CCNC(=NCCN(C)C1CCCC1)NC1CC=CC1.I. The first kappa shape index (κ1) is 18.7. The Morgan fingerprint density at radius 1 is 1.24 bits per heavy atom. The van der Waals surface area contributed by atoms with Crippen LogP contribution in [0, 0.1) is 0 Å². The van der Waals surface area contributed by atoms with Gasteiger partial charge in [-0.25, -0.2) is 0 Å². The number of hydrogen-bond acceptors (Lipinski definition) is 2. The van der Waals surface area contributed by atoms with E-state index < -0.39 is 0 Å². The number of likely N-dealkylation sites (N-methyl/N-ethyl adjacent to an activating group) is 1. The van der Waals surface area contributed by atoms with Crippen molar-refractivity contribution in [2.45, 2.75) is 57.5 Å². The first-order valence-corrected chi connectivity index (χ1v) is 8.19. The van der Waals surface area contributed by atoms with Crippen molar-refractivity contribution in [3.05, 3.63) is 12.2 Å². The van der Waals surface area contributed by atoms with E-state index in [-0.39, 0.29) is 24.0 Å². The smallest absolute Gasteiger partial charge is 0.191 e. The molecule has 0 bridgehead atoms. The van der Waals surface area contributed by atoms with Crippen molar-refractivity contribution in [1.82, 2.24) is 15.5 Å². The number of hydrogen-bond donors (Lipinski definition) is 2. The van der Waals surface area contributed by atoms with Gasteiger partial charge in [-0.2, -0.15) is 0 Å². The Labute approximate surface area is 146 Å². The summed E-state index contributed by atoms with van der Waals surface area (Å²) < 4.78 is 0. The summed E-state index contributed by atoms with van der Waals surface area (Å²) in [6.45, 7) is 4.98. The van der Waals surface area contributed by atoms with Gasteiger partial charge in [0, 0.05) is 25.2 Å². The van der Waals surface area contributed by atoms with Gasteiger partial charge >= 0.3 is 0 Å². The minimum atomic E-state index is 0. The molecule has 1 fully saturated rings. The molecule has 0 aromatic carbocycles. The van der Waals surface area contributed by atoms with E-state index in [1.165, 1.54) is 25.7 Å². The number of nitrogens with one attached hydrogen (secondary N) is 2. The van der Waals surface area contributed by atoms with Crippen LogP contribution in [0.3, 0.4) is 0 Å². The average molecular weight is 406 g/mol. The number of aliphatic imine (C=N–C) groups is 1. The molecule has 0 aromatic rings. The largest absolute Gasteiger partial charge is 0.357 e. The Balaban J connectivity index is 0.00000220. The fourth-order valence-electron chi connectivity index (χ4n) is 3.10. The van der Waals surface area contributed by atoms with E-state index in [4.69, 9.17) is 4.99 Å². The highest BCUT2D eigenvalue weighted by atomic mass is 127. The lowest BCUT2D eigenvalue weighted by atomic mass is 10.2. The summed E-state index contributed by atoms with van der Waals surface area (Å²) in [5, 5.41) is 6.86. The van der Waals surface area contributed by atoms with Crippen molar-refractivity contribution in [3.63, 3.8) is 0 Å². The van der Waals surface area contributed by atoms with Gasteiger partial charge in [-0.05, 0) is 39.7 Å². The van der Waals surface area contributed by atoms with Crippen LogP contribution in [0.25, 0.3) is 0 Å². The van der Waals surface area contributed by atoms with Gasteiger partial charge in [-0.3, -0.25) is 4.99 Å². The lowest BCUT2D eigenvalue weighted by Crippen LogP contribution is -2.43. The van der Waals surface area contributed by atoms with E-state index in [0.717, 1.165) is 44.5 Å². The van der Waals surface area contributed by atoms with Gasteiger partial charge in [-0.1, -0.05) is 25.0 Å². The minimum absolute atomic E-state index is 0. The van der Waals surface area contributed by atoms with Crippen LogP contribution in [0.1, 0.15) is 45.4 Å². The van der Waals surface area contributed by atoms with Crippen molar-refractivity contribution in [1.29, 1.82) is 0 Å². The number of guanidine groups is 1. The van der Waals surface area contributed by atoms with Gasteiger partial charge in [0.1, 0.15) is 0 Å². The van der Waals surface area contributed by atoms with E-state index in [2.05, 4.69) is 41.7 Å². The molecule has 0 saturated heterocycles. The van der Waals surface area contributed by atoms with E-state index in [1.54, 1.807) is 0 Å². The molecule has 0 amide bonds. The lowest BCUT2D eigenvalue weighted by molar-refractivity contribution is 0.252. The van der Waals surface area contributed by atoms with Crippen LogP contribution in [0.4, 0.5) is 0 Å². The maximum Gasteiger partial charge on any atom is 0.191 e. The van der Waals surface area contributed by atoms with Gasteiger partial charge in [0.05, 0.1) is 6.54 Å². The molecule has 4 nitrogen and oxygen atoms in total. The molecular formula is C16H31IN4. The van der Waals surface area contributed by atoms with E-state index in [1.807, 2.05) is 0 Å². The normalized spacial score (nSPS) is 20.0. The Hall–Kier alpha value is -0.300. The fraction of sp³-hybridized carbons (Fsp3) is 0.812. The Morgan fingerprint density at radius 3 is 2.52 bits per heavy atom. The monoisotopic (exact) mass is 406 g/mol. The highest BCUT2D eigenvalue weighted by Gasteiger charge is 2.18. The van der Waals surface area contributed by atoms with Gasteiger partial charge in [0.2, 0.25) is 0 Å². The van der Waals surface area contributed by atoms with Gasteiger partial charge in [0.25, 0.3) is 0 Å². The summed E-state index contributed by atoms with van der Waals surface area (Å²) in [5.41, 5.74) is 0. The second-order valence-electron chi connectivity index (χ2n) is 5.96. The zero-order valence-electron chi connectivity index (χ0n) is 13.5. The highest BCUT2D eigenvalue weighted by Crippen LogP contribution is 2.21. The minimum Gasteiger partial charge on any atom is -0.357 e.